The van der Waals surface area contributed by atoms with Gasteiger partial charge >= 0.3 is 11.9 Å². The van der Waals surface area contributed by atoms with Crippen molar-refractivity contribution in [2.24, 2.45) is 0 Å². The number of esters is 2. The summed E-state index contributed by atoms with van der Waals surface area (Å²) in [6, 6.07) is 17.5. The van der Waals surface area contributed by atoms with Crippen molar-refractivity contribution in [3.63, 3.8) is 0 Å². The highest BCUT2D eigenvalue weighted by atomic mass is 16.5. The van der Waals surface area contributed by atoms with Crippen LogP contribution in [0.2, 0.25) is 0 Å². The summed E-state index contributed by atoms with van der Waals surface area (Å²) < 4.78 is 9.45. The third-order valence-electron chi connectivity index (χ3n) is 4.35. The maximum Gasteiger partial charge on any atom is 0.342 e. The molecule has 142 valence electrons. The Morgan fingerprint density at radius 1 is 0.643 bits per heavy atom. The van der Waals surface area contributed by atoms with Crippen molar-refractivity contribution in [2.45, 2.75) is 0 Å². The summed E-state index contributed by atoms with van der Waals surface area (Å²) >= 11 is 0. The molecule has 0 bridgehead atoms. The second-order valence-corrected chi connectivity index (χ2v) is 5.91. The Kier molecular flexibility index (Phi) is 5.31. The highest BCUT2D eigenvalue weighted by molar-refractivity contribution is 6.12. The molecule has 0 fully saturated rings. The molecular formula is C22H18O6. The van der Waals surface area contributed by atoms with E-state index in [4.69, 9.17) is 9.47 Å². The van der Waals surface area contributed by atoms with Crippen LogP contribution in [-0.2, 0) is 9.47 Å². The molecule has 0 atom stereocenters. The lowest BCUT2D eigenvalue weighted by atomic mass is 9.87. The van der Waals surface area contributed by atoms with Gasteiger partial charge in [0.1, 0.15) is 22.6 Å². The molecular weight excluding hydrogens is 360 g/mol. The van der Waals surface area contributed by atoms with E-state index in [-0.39, 0.29) is 11.1 Å². The lowest BCUT2D eigenvalue weighted by molar-refractivity contribution is 0.0549. The Morgan fingerprint density at radius 2 is 0.964 bits per heavy atom. The second kappa shape index (κ2) is 7.84. The molecule has 0 aromatic heterocycles. The third kappa shape index (κ3) is 3.16. The molecule has 6 heteroatoms. The minimum atomic E-state index is -0.968. The first kappa shape index (κ1) is 19.0. The zero-order chi connectivity index (χ0) is 20.3. The molecule has 0 heterocycles. The predicted molar refractivity (Wildman–Crippen MR) is 103 cm³/mol. The molecule has 0 aliphatic heterocycles. The summed E-state index contributed by atoms with van der Waals surface area (Å²) in [4.78, 5) is 24.7. The number of carbonyl (C=O) groups excluding carboxylic acids is 2. The van der Waals surface area contributed by atoms with Crippen LogP contribution < -0.4 is 0 Å². The van der Waals surface area contributed by atoms with Crippen LogP contribution >= 0.6 is 0 Å². The largest absolute Gasteiger partial charge is 0.506 e. The minimum absolute atomic E-state index is 0.206. The SMILES string of the molecule is COC(=O)c1c(O)c(-c2ccccc2)c(-c2ccccc2)c(O)c1C(=O)OC. The maximum atomic E-state index is 12.4. The summed E-state index contributed by atoms with van der Waals surface area (Å²) in [6.45, 7) is 0. The second-order valence-electron chi connectivity index (χ2n) is 5.91. The molecule has 0 aliphatic rings. The normalized spacial score (nSPS) is 10.4. The van der Waals surface area contributed by atoms with Gasteiger partial charge < -0.3 is 19.7 Å². The Balaban J connectivity index is 2.52. The standard InChI is InChI=1S/C22H18O6/c1-27-21(25)17-18(22(26)28-2)20(24)16(14-11-7-4-8-12-14)15(19(17)23)13-9-5-3-6-10-13/h3-12,23-24H,1-2H3. The van der Waals surface area contributed by atoms with E-state index in [0.29, 0.717) is 11.1 Å². The van der Waals surface area contributed by atoms with Crippen LogP contribution in [0.3, 0.4) is 0 Å². The van der Waals surface area contributed by atoms with Crippen LogP contribution in [0.4, 0.5) is 0 Å². The van der Waals surface area contributed by atoms with Gasteiger partial charge in [0.25, 0.3) is 0 Å². The first-order valence-electron chi connectivity index (χ1n) is 8.40. The first-order valence-corrected chi connectivity index (χ1v) is 8.40. The van der Waals surface area contributed by atoms with E-state index in [2.05, 4.69) is 0 Å². The predicted octanol–water partition coefficient (Wildman–Crippen LogP) is 4.01. The highest BCUT2D eigenvalue weighted by Gasteiger charge is 2.33. The Bertz CT molecular complexity index is 942. The topological polar surface area (TPSA) is 93.1 Å². The van der Waals surface area contributed by atoms with Crippen LogP contribution in [-0.4, -0.2) is 36.4 Å². The number of hydrogen-bond donors (Lipinski definition) is 2. The lowest BCUT2D eigenvalue weighted by Crippen LogP contribution is -2.14. The molecule has 0 saturated heterocycles. The van der Waals surface area contributed by atoms with E-state index < -0.39 is 34.6 Å². The quantitative estimate of drug-likeness (QED) is 0.526. The summed E-state index contributed by atoms with van der Waals surface area (Å²) in [5.41, 5.74) is 0.608. The number of aromatic hydroxyl groups is 2. The van der Waals surface area contributed by atoms with Gasteiger partial charge in [-0.1, -0.05) is 60.7 Å². The van der Waals surface area contributed by atoms with Crippen LogP contribution in [0.5, 0.6) is 11.5 Å². The van der Waals surface area contributed by atoms with Gasteiger partial charge in [-0.2, -0.15) is 0 Å². The molecule has 6 nitrogen and oxygen atoms in total. The number of rotatable bonds is 4. The van der Waals surface area contributed by atoms with Gasteiger partial charge in [0.05, 0.1) is 14.2 Å². The van der Waals surface area contributed by atoms with E-state index in [1.165, 1.54) is 0 Å². The van der Waals surface area contributed by atoms with E-state index in [0.717, 1.165) is 14.2 Å². The minimum Gasteiger partial charge on any atom is -0.506 e. The fourth-order valence-electron chi connectivity index (χ4n) is 3.10. The zero-order valence-corrected chi connectivity index (χ0v) is 15.3. The van der Waals surface area contributed by atoms with Gasteiger partial charge in [0.15, 0.2) is 0 Å². The number of carbonyl (C=O) groups is 2. The van der Waals surface area contributed by atoms with Crippen molar-refractivity contribution in [3.8, 4) is 33.8 Å². The van der Waals surface area contributed by atoms with E-state index in [1.54, 1.807) is 60.7 Å². The number of ether oxygens (including phenoxy) is 2. The van der Waals surface area contributed by atoms with E-state index in [1.807, 2.05) is 0 Å². The van der Waals surface area contributed by atoms with Crippen LogP contribution in [0.25, 0.3) is 22.3 Å². The fourth-order valence-corrected chi connectivity index (χ4v) is 3.10. The Hall–Kier alpha value is -3.80. The third-order valence-corrected chi connectivity index (χ3v) is 4.35. The molecule has 0 saturated carbocycles. The molecule has 0 aliphatic carbocycles. The molecule has 0 unspecified atom stereocenters. The number of phenolic OH excluding ortho intramolecular Hbond substituents is 2. The average Bonchev–Trinajstić information content (AvgIpc) is 2.74. The molecule has 0 amide bonds. The van der Waals surface area contributed by atoms with Gasteiger partial charge in [-0.15, -0.1) is 0 Å². The monoisotopic (exact) mass is 378 g/mol. The zero-order valence-electron chi connectivity index (χ0n) is 15.3. The number of hydrogen-bond acceptors (Lipinski definition) is 6. The highest BCUT2D eigenvalue weighted by Crippen LogP contribution is 2.49. The van der Waals surface area contributed by atoms with Crippen LogP contribution in [0.1, 0.15) is 20.7 Å². The molecule has 0 radical (unpaired) electrons. The first-order chi connectivity index (χ1) is 13.5. The number of benzene rings is 3. The smallest absolute Gasteiger partial charge is 0.342 e. The van der Waals surface area contributed by atoms with Gasteiger partial charge in [0.2, 0.25) is 0 Å². The van der Waals surface area contributed by atoms with Crippen molar-refractivity contribution in [2.75, 3.05) is 14.2 Å². The number of phenols is 2. The molecule has 28 heavy (non-hydrogen) atoms. The molecule has 3 rings (SSSR count). The number of methoxy groups -OCH3 is 2. The lowest BCUT2D eigenvalue weighted by Gasteiger charge is -2.20. The Morgan fingerprint density at radius 3 is 1.25 bits per heavy atom. The van der Waals surface area contributed by atoms with Crippen molar-refractivity contribution in [1.29, 1.82) is 0 Å². The molecule has 3 aromatic rings. The van der Waals surface area contributed by atoms with Gasteiger partial charge in [-0.3, -0.25) is 0 Å². The van der Waals surface area contributed by atoms with Crippen molar-refractivity contribution >= 4 is 11.9 Å². The summed E-state index contributed by atoms with van der Waals surface area (Å²) in [7, 11) is 2.24. The molecule has 0 spiro atoms. The van der Waals surface area contributed by atoms with Gasteiger partial charge in [-0.05, 0) is 11.1 Å². The van der Waals surface area contributed by atoms with Crippen molar-refractivity contribution in [1.82, 2.24) is 0 Å². The van der Waals surface area contributed by atoms with E-state index >= 15 is 0 Å². The van der Waals surface area contributed by atoms with Gasteiger partial charge in [0, 0.05) is 11.1 Å². The van der Waals surface area contributed by atoms with Crippen LogP contribution in [0, 0.1) is 0 Å². The summed E-state index contributed by atoms with van der Waals surface area (Å²) in [5, 5.41) is 22.0. The van der Waals surface area contributed by atoms with Gasteiger partial charge in [-0.25, -0.2) is 9.59 Å². The van der Waals surface area contributed by atoms with Crippen molar-refractivity contribution in [3.05, 3.63) is 71.8 Å². The Labute approximate surface area is 161 Å². The van der Waals surface area contributed by atoms with E-state index in [9.17, 15) is 19.8 Å². The summed E-state index contributed by atoms with van der Waals surface area (Å²) in [6.07, 6.45) is 0. The van der Waals surface area contributed by atoms with Crippen molar-refractivity contribution < 1.29 is 29.3 Å². The fraction of sp³-hybridized carbons (Fsp3) is 0.0909. The molecule has 2 N–H and O–H groups in total. The average molecular weight is 378 g/mol. The molecule has 3 aromatic carbocycles. The summed E-state index contributed by atoms with van der Waals surface area (Å²) in [5.74, 6) is -2.89. The maximum absolute atomic E-state index is 12.4. The van der Waals surface area contributed by atoms with Crippen LogP contribution in [0.15, 0.2) is 60.7 Å².